The molecule has 4 nitrogen and oxygen atoms in total. The standard InChI is InChI=1S/C25H28F2N4/c1-3-30-10-8-17(9-11-30)18-4-6-22-20(12-18)21(13-23(26)27)25(29-22)19-5-7-24-28-16(2)14-31(24)15-19/h4-7,12,14-15,17,23,29H,3,8-11,13H2,1-2H3. The second kappa shape index (κ2) is 8.08. The maximum Gasteiger partial charge on any atom is 0.242 e. The van der Waals surface area contributed by atoms with E-state index in [2.05, 4.69) is 40.0 Å². The van der Waals surface area contributed by atoms with Crippen LogP contribution in [0.3, 0.4) is 0 Å². The molecule has 6 heteroatoms. The molecule has 0 saturated carbocycles. The van der Waals surface area contributed by atoms with Gasteiger partial charge in [-0.05, 0) is 80.7 Å². The fourth-order valence-corrected chi connectivity index (χ4v) is 4.98. The molecule has 0 amide bonds. The van der Waals surface area contributed by atoms with Gasteiger partial charge in [0, 0.05) is 35.3 Å². The lowest BCUT2D eigenvalue weighted by atomic mass is 9.88. The summed E-state index contributed by atoms with van der Waals surface area (Å²) in [4.78, 5) is 10.4. The number of imidazole rings is 1. The van der Waals surface area contributed by atoms with Gasteiger partial charge >= 0.3 is 0 Å². The van der Waals surface area contributed by atoms with Gasteiger partial charge in [-0.2, -0.15) is 0 Å². The summed E-state index contributed by atoms with van der Waals surface area (Å²) in [7, 11) is 0. The fraction of sp³-hybridized carbons (Fsp3) is 0.400. The molecular formula is C25H28F2N4. The zero-order valence-corrected chi connectivity index (χ0v) is 18.0. The summed E-state index contributed by atoms with van der Waals surface area (Å²) in [6, 6.07) is 10.3. The normalized spacial score (nSPS) is 16.2. The van der Waals surface area contributed by atoms with Gasteiger partial charge in [0.15, 0.2) is 0 Å². The largest absolute Gasteiger partial charge is 0.354 e. The second-order valence-corrected chi connectivity index (χ2v) is 8.65. The van der Waals surface area contributed by atoms with E-state index in [9.17, 15) is 8.78 Å². The van der Waals surface area contributed by atoms with Crippen LogP contribution in [0.15, 0.2) is 42.7 Å². The van der Waals surface area contributed by atoms with E-state index in [0.29, 0.717) is 11.5 Å². The number of likely N-dealkylation sites (tertiary alicyclic amines) is 1. The van der Waals surface area contributed by atoms with Gasteiger partial charge in [-0.3, -0.25) is 0 Å². The number of halogens is 2. The highest BCUT2D eigenvalue weighted by Crippen LogP contribution is 2.36. The predicted molar refractivity (Wildman–Crippen MR) is 121 cm³/mol. The summed E-state index contributed by atoms with van der Waals surface area (Å²) in [5, 5.41) is 0.924. The molecule has 3 aromatic heterocycles. The molecule has 4 heterocycles. The molecule has 1 aliphatic heterocycles. The number of benzene rings is 1. The maximum absolute atomic E-state index is 13.6. The van der Waals surface area contributed by atoms with Crippen molar-refractivity contribution >= 4 is 16.6 Å². The number of pyridine rings is 1. The van der Waals surface area contributed by atoms with Crippen molar-refractivity contribution in [3.63, 3.8) is 0 Å². The Labute approximate surface area is 180 Å². The van der Waals surface area contributed by atoms with Crippen molar-refractivity contribution in [1.82, 2.24) is 19.3 Å². The highest BCUT2D eigenvalue weighted by molar-refractivity contribution is 5.91. The summed E-state index contributed by atoms with van der Waals surface area (Å²) in [5.74, 6) is 0.496. The number of nitrogens with one attached hydrogen (secondary N) is 1. The van der Waals surface area contributed by atoms with Crippen LogP contribution in [0.2, 0.25) is 0 Å². The van der Waals surface area contributed by atoms with E-state index in [0.717, 1.165) is 66.0 Å². The van der Waals surface area contributed by atoms with E-state index in [1.807, 2.05) is 35.9 Å². The lowest BCUT2D eigenvalue weighted by molar-refractivity contribution is 0.149. The second-order valence-electron chi connectivity index (χ2n) is 8.65. The number of piperidine rings is 1. The van der Waals surface area contributed by atoms with Crippen LogP contribution >= 0.6 is 0 Å². The average molecular weight is 423 g/mol. The van der Waals surface area contributed by atoms with Crippen LogP contribution in [0.1, 0.15) is 42.5 Å². The third-order valence-corrected chi connectivity index (χ3v) is 6.65. The zero-order valence-electron chi connectivity index (χ0n) is 18.0. The van der Waals surface area contributed by atoms with Crippen LogP contribution in [0.25, 0.3) is 27.8 Å². The number of rotatable bonds is 5. The highest BCUT2D eigenvalue weighted by atomic mass is 19.3. The minimum atomic E-state index is -2.39. The van der Waals surface area contributed by atoms with Crippen LogP contribution in [0.5, 0.6) is 0 Å². The number of fused-ring (bicyclic) bond motifs is 2. The van der Waals surface area contributed by atoms with Crippen molar-refractivity contribution in [3.8, 4) is 11.3 Å². The third kappa shape index (κ3) is 3.85. The highest BCUT2D eigenvalue weighted by Gasteiger charge is 2.22. The Bertz CT molecular complexity index is 1220. The molecule has 0 atom stereocenters. The van der Waals surface area contributed by atoms with Crippen LogP contribution < -0.4 is 0 Å². The first-order valence-corrected chi connectivity index (χ1v) is 11.1. The molecule has 31 heavy (non-hydrogen) atoms. The Hall–Kier alpha value is -2.73. The first kappa shape index (κ1) is 20.2. The van der Waals surface area contributed by atoms with E-state index >= 15 is 0 Å². The first-order chi connectivity index (χ1) is 15.0. The Morgan fingerprint density at radius 3 is 2.68 bits per heavy atom. The van der Waals surface area contributed by atoms with Gasteiger partial charge in [-0.15, -0.1) is 0 Å². The fourth-order valence-electron chi connectivity index (χ4n) is 4.98. The molecule has 5 rings (SSSR count). The summed E-state index contributed by atoms with van der Waals surface area (Å²) >= 11 is 0. The van der Waals surface area contributed by atoms with Crippen molar-refractivity contribution in [1.29, 1.82) is 0 Å². The minimum Gasteiger partial charge on any atom is -0.354 e. The number of alkyl halides is 2. The monoisotopic (exact) mass is 422 g/mol. The Morgan fingerprint density at radius 1 is 1.13 bits per heavy atom. The van der Waals surface area contributed by atoms with Crippen molar-refractivity contribution < 1.29 is 8.78 Å². The van der Waals surface area contributed by atoms with Gasteiger partial charge < -0.3 is 14.3 Å². The lowest BCUT2D eigenvalue weighted by Crippen LogP contribution is -2.32. The van der Waals surface area contributed by atoms with Crippen molar-refractivity contribution in [2.75, 3.05) is 19.6 Å². The number of hydrogen-bond acceptors (Lipinski definition) is 2. The number of aromatic amines is 1. The van der Waals surface area contributed by atoms with Gasteiger partial charge in [-0.1, -0.05) is 13.0 Å². The van der Waals surface area contributed by atoms with Crippen LogP contribution in [-0.4, -0.2) is 45.3 Å². The molecule has 0 spiro atoms. The summed E-state index contributed by atoms with van der Waals surface area (Å²) in [5.41, 5.74) is 6.35. The van der Waals surface area contributed by atoms with Crippen LogP contribution in [0.4, 0.5) is 8.78 Å². The number of H-pyrrole nitrogens is 1. The summed E-state index contributed by atoms with van der Waals surface area (Å²) in [6.07, 6.45) is 3.52. The molecule has 1 saturated heterocycles. The predicted octanol–water partition coefficient (Wildman–Crippen LogP) is 5.80. The molecule has 0 radical (unpaired) electrons. The molecular weight excluding hydrogens is 394 g/mol. The lowest BCUT2D eigenvalue weighted by Gasteiger charge is -2.31. The van der Waals surface area contributed by atoms with Crippen molar-refractivity contribution in [2.24, 2.45) is 0 Å². The molecule has 0 aliphatic carbocycles. The van der Waals surface area contributed by atoms with E-state index < -0.39 is 6.43 Å². The molecule has 1 N–H and O–H groups in total. The van der Waals surface area contributed by atoms with Crippen molar-refractivity contribution in [3.05, 3.63) is 59.5 Å². The van der Waals surface area contributed by atoms with E-state index in [1.165, 1.54) is 5.56 Å². The number of hydrogen-bond donors (Lipinski definition) is 1. The zero-order chi connectivity index (χ0) is 21.5. The summed E-state index contributed by atoms with van der Waals surface area (Å²) in [6.45, 7) is 7.45. The number of nitrogens with zero attached hydrogens (tertiary/aromatic N) is 3. The van der Waals surface area contributed by atoms with E-state index in [-0.39, 0.29) is 6.42 Å². The van der Waals surface area contributed by atoms with E-state index in [4.69, 9.17) is 0 Å². The number of aromatic nitrogens is 3. The first-order valence-electron chi connectivity index (χ1n) is 11.1. The molecule has 1 fully saturated rings. The summed E-state index contributed by atoms with van der Waals surface area (Å²) < 4.78 is 29.1. The van der Waals surface area contributed by atoms with Gasteiger partial charge in [0.2, 0.25) is 6.43 Å². The topological polar surface area (TPSA) is 36.3 Å². The molecule has 1 aliphatic rings. The smallest absolute Gasteiger partial charge is 0.242 e. The molecule has 4 aromatic rings. The Kier molecular flexibility index (Phi) is 5.26. The van der Waals surface area contributed by atoms with Gasteiger partial charge in [-0.25, -0.2) is 13.8 Å². The molecule has 162 valence electrons. The van der Waals surface area contributed by atoms with Crippen LogP contribution in [-0.2, 0) is 6.42 Å². The van der Waals surface area contributed by atoms with Gasteiger partial charge in [0.1, 0.15) is 5.65 Å². The Morgan fingerprint density at radius 2 is 1.94 bits per heavy atom. The Balaban J connectivity index is 1.57. The molecule has 1 aromatic carbocycles. The van der Waals surface area contributed by atoms with Gasteiger partial charge in [0.05, 0.1) is 11.4 Å². The maximum atomic E-state index is 13.6. The third-order valence-electron chi connectivity index (χ3n) is 6.65. The van der Waals surface area contributed by atoms with E-state index in [1.54, 1.807) is 0 Å². The number of aryl methyl sites for hydroxylation is 1. The molecule has 0 unspecified atom stereocenters. The van der Waals surface area contributed by atoms with Gasteiger partial charge in [0.25, 0.3) is 0 Å². The quantitative estimate of drug-likeness (QED) is 0.441. The SMILES string of the molecule is CCN1CCC(c2ccc3[nH]c(-c4ccc5nc(C)cn5c4)c(CC(F)F)c3c2)CC1. The average Bonchev–Trinajstić information content (AvgIpc) is 3.32. The minimum absolute atomic E-state index is 0.256. The van der Waals surface area contributed by atoms with Crippen LogP contribution in [0, 0.1) is 6.92 Å². The van der Waals surface area contributed by atoms with Crippen molar-refractivity contribution in [2.45, 2.75) is 45.5 Å². The molecule has 0 bridgehead atoms.